The summed E-state index contributed by atoms with van der Waals surface area (Å²) in [7, 11) is 0. The molecule has 0 aliphatic heterocycles. The summed E-state index contributed by atoms with van der Waals surface area (Å²) in [5.41, 5.74) is 1.97. The highest BCUT2D eigenvalue weighted by atomic mass is 35.5. The smallest absolute Gasteiger partial charge is 0.340 e. The number of pyridine rings is 2. The highest BCUT2D eigenvalue weighted by Crippen LogP contribution is 2.30. The fourth-order valence-corrected chi connectivity index (χ4v) is 4.19. The number of carbonyl (C=O) groups excluding carboxylic acids is 2. The third-order valence-corrected chi connectivity index (χ3v) is 6.16. The van der Waals surface area contributed by atoms with Gasteiger partial charge in [0.2, 0.25) is 6.10 Å². The van der Waals surface area contributed by atoms with Gasteiger partial charge in [0.15, 0.2) is 0 Å². The zero-order chi connectivity index (χ0) is 27.4. The van der Waals surface area contributed by atoms with Crippen molar-refractivity contribution in [3.8, 4) is 11.4 Å². The molecule has 2 aromatic heterocycles. The van der Waals surface area contributed by atoms with Gasteiger partial charge < -0.3 is 10.1 Å². The number of halogens is 1. The van der Waals surface area contributed by atoms with Gasteiger partial charge in [-0.2, -0.15) is 0 Å². The van der Waals surface area contributed by atoms with Crippen LogP contribution in [0.15, 0.2) is 103 Å². The Balaban J connectivity index is 1.51. The molecule has 3 aromatic carbocycles. The number of esters is 1. The number of aromatic nitrogens is 2. The van der Waals surface area contributed by atoms with Crippen molar-refractivity contribution in [3.63, 3.8) is 0 Å². The minimum absolute atomic E-state index is 0.0719. The van der Waals surface area contributed by atoms with E-state index in [1.54, 1.807) is 79.0 Å². The number of para-hydroxylation sites is 1. The molecule has 0 bridgehead atoms. The third kappa shape index (κ3) is 5.58. The van der Waals surface area contributed by atoms with Gasteiger partial charge in [-0.3, -0.25) is 19.9 Å². The zero-order valence-corrected chi connectivity index (χ0v) is 20.9. The molecule has 0 radical (unpaired) electrons. The molecule has 0 spiro atoms. The summed E-state index contributed by atoms with van der Waals surface area (Å²) in [6.07, 6.45) is 0.264. The molecule has 0 fully saturated rings. The molecule has 192 valence electrons. The first kappa shape index (κ1) is 25.5. The molecule has 39 heavy (non-hydrogen) atoms. The molecule has 1 amide bonds. The van der Waals surface area contributed by atoms with Gasteiger partial charge in [0, 0.05) is 28.9 Å². The van der Waals surface area contributed by atoms with E-state index in [0.717, 1.165) is 6.07 Å². The number of nitro groups is 1. The van der Waals surface area contributed by atoms with Crippen LogP contribution in [0.2, 0.25) is 5.02 Å². The molecule has 5 aromatic rings. The quantitative estimate of drug-likeness (QED) is 0.144. The number of ether oxygens (including phenoxy) is 1. The van der Waals surface area contributed by atoms with E-state index in [4.69, 9.17) is 16.3 Å². The molecule has 9 nitrogen and oxygen atoms in total. The predicted molar refractivity (Wildman–Crippen MR) is 146 cm³/mol. The molecule has 0 saturated heterocycles. The fraction of sp³-hybridized carbons (Fsp3) is 0.0345. The van der Waals surface area contributed by atoms with E-state index in [1.807, 2.05) is 6.07 Å². The van der Waals surface area contributed by atoms with Crippen LogP contribution < -0.4 is 5.32 Å². The van der Waals surface area contributed by atoms with Gasteiger partial charge >= 0.3 is 5.97 Å². The topological polar surface area (TPSA) is 124 Å². The second-order valence-electron chi connectivity index (χ2n) is 8.40. The molecule has 1 N–H and O–H groups in total. The largest absolute Gasteiger partial charge is 0.444 e. The van der Waals surface area contributed by atoms with E-state index in [0.29, 0.717) is 27.9 Å². The van der Waals surface area contributed by atoms with Crippen LogP contribution in [0, 0.1) is 10.1 Å². The molecule has 0 saturated carbocycles. The first-order chi connectivity index (χ1) is 18.9. The summed E-state index contributed by atoms with van der Waals surface area (Å²) in [4.78, 5) is 46.6. The Kier molecular flexibility index (Phi) is 7.24. The molecule has 10 heteroatoms. The highest BCUT2D eigenvalue weighted by molar-refractivity contribution is 6.32. The first-order valence-corrected chi connectivity index (χ1v) is 12.1. The molecule has 0 aliphatic carbocycles. The van der Waals surface area contributed by atoms with Crippen molar-refractivity contribution in [2.45, 2.75) is 6.10 Å². The van der Waals surface area contributed by atoms with Crippen molar-refractivity contribution in [1.29, 1.82) is 0 Å². The molecule has 1 unspecified atom stereocenters. The van der Waals surface area contributed by atoms with Crippen LogP contribution in [0.1, 0.15) is 22.0 Å². The lowest BCUT2D eigenvalue weighted by Gasteiger charge is -2.19. The number of hydrogen-bond acceptors (Lipinski definition) is 7. The van der Waals surface area contributed by atoms with Crippen molar-refractivity contribution >= 4 is 45.8 Å². The number of carbonyl (C=O) groups is 2. The number of benzene rings is 3. The zero-order valence-electron chi connectivity index (χ0n) is 20.2. The van der Waals surface area contributed by atoms with E-state index >= 15 is 0 Å². The van der Waals surface area contributed by atoms with Gasteiger partial charge in [-0.15, -0.1) is 0 Å². The Bertz CT molecular complexity index is 1700. The number of hydrogen-bond donors (Lipinski definition) is 1. The number of amides is 1. The minimum Gasteiger partial charge on any atom is -0.444 e. The van der Waals surface area contributed by atoms with Gasteiger partial charge in [0.1, 0.15) is 5.02 Å². The van der Waals surface area contributed by atoms with Crippen LogP contribution in [0.25, 0.3) is 22.3 Å². The minimum atomic E-state index is -1.36. The molecular formula is C29H19ClN4O5. The molecule has 5 rings (SSSR count). The summed E-state index contributed by atoms with van der Waals surface area (Å²) >= 11 is 5.89. The maximum absolute atomic E-state index is 13.6. The second kappa shape index (κ2) is 11.1. The standard InChI is InChI=1S/C29H19ClN4O5/c30-22-14-13-19(16-26(22)34(37)38)32-28(35)27(18-8-2-1-3-9-18)39-29(36)21-17-25(24-12-6-7-15-31-24)33-23-11-5-4-10-20(21)23/h1-17,27H,(H,32,35). The lowest BCUT2D eigenvalue weighted by Crippen LogP contribution is -2.26. The highest BCUT2D eigenvalue weighted by Gasteiger charge is 2.28. The average molecular weight is 539 g/mol. The van der Waals surface area contributed by atoms with Gasteiger partial charge in [-0.25, -0.2) is 9.78 Å². The van der Waals surface area contributed by atoms with Crippen molar-refractivity contribution < 1.29 is 19.2 Å². The molecule has 2 heterocycles. The molecule has 1 atom stereocenters. The maximum atomic E-state index is 13.6. The lowest BCUT2D eigenvalue weighted by molar-refractivity contribution is -0.384. The third-order valence-electron chi connectivity index (χ3n) is 5.84. The Morgan fingerprint density at radius 1 is 0.897 bits per heavy atom. The van der Waals surface area contributed by atoms with Crippen molar-refractivity contribution in [1.82, 2.24) is 9.97 Å². The second-order valence-corrected chi connectivity index (χ2v) is 8.80. The van der Waals surface area contributed by atoms with Crippen LogP contribution in [0.3, 0.4) is 0 Å². The summed E-state index contributed by atoms with van der Waals surface area (Å²) in [5.74, 6) is -1.45. The van der Waals surface area contributed by atoms with Gasteiger partial charge in [0.05, 0.1) is 27.4 Å². The number of nitrogens with one attached hydrogen (secondary N) is 1. The Morgan fingerprint density at radius 3 is 2.38 bits per heavy atom. The average Bonchev–Trinajstić information content (AvgIpc) is 2.97. The monoisotopic (exact) mass is 538 g/mol. The molecule has 0 aliphatic rings. The summed E-state index contributed by atoms with van der Waals surface area (Å²) in [6.45, 7) is 0. The van der Waals surface area contributed by atoms with Crippen molar-refractivity contribution in [2.75, 3.05) is 5.32 Å². The SMILES string of the molecule is O=C(OC(C(=O)Nc1ccc(Cl)c([N+](=O)[O-])c1)c1ccccc1)c1cc(-c2ccccn2)nc2ccccc12. The number of nitrogens with zero attached hydrogens (tertiary/aromatic N) is 3. The van der Waals surface area contributed by atoms with E-state index in [9.17, 15) is 19.7 Å². The van der Waals surface area contributed by atoms with Crippen molar-refractivity contribution in [2.24, 2.45) is 0 Å². The number of fused-ring (bicyclic) bond motifs is 1. The van der Waals surface area contributed by atoms with Crippen LogP contribution in [-0.4, -0.2) is 26.8 Å². The molecular weight excluding hydrogens is 520 g/mol. The predicted octanol–water partition coefficient (Wildman–Crippen LogP) is 6.40. The lowest BCUT2D eigenvalue weighted by atomic mass is 10.1. The summed E-state index contributed by atoms with van der Waals surface area (Å²) in [6, 6.07) is 26.4. The Hall–Kier alpha value is -5.15. The van der Waals surface area contributed by atoms with E-state index in [-0.39, 0.29) is 22.0 Å². The van der Waals surface area contributed by atoms with E-state index in [1.165, 1.54) is 12.1 Å². The number of nitro benzene ring substituents is 1. The summed E-state index contributed by atoms with van der Waals surface area (Å²) in [5, 5.41) is 14.3. The summed E-state index contributed by atoms with van der Waals surface area (Å²) < 4.78 is 5.80. The number of rotatable bonds is 7. The van der Waals surface area contributed by atoms with Crippen LogP contribution >= 0.6 is 11.6 Å². The van der Waals surface area contributed by atoms with Crippen molar-refractivity contribution in [3.05, 3.63) is 130 Å². The first-order valence-electron chi connectivity index (χ1n) is 11.7. The van der Waals surface area contributed by atoms with Crippen LogP contribution in [0.4, 0.5) is 11.4 Å². The van der Waals surface area contributed by atoms with Gasteiger partial charge in [-0.1, -0.05) is 66.2 Å². The Labute approximate surface area is 227 Å². The normalized spacial score (nSPS) is 11.5. The fourth-order valence-electron chi connectivity index (χ4n) is 4.00. The van der Waals surface area contributed by atoms with E-state index in [2.05, 4.69) is 15.3 Å². The van der Waals surface area contributed by atoms with Gasteiger partial charge in [0.25, 0.3) is 11.6 Å². The van der Waals surface area contributed by atoms with Gasteiger partial charge in [-0.05, 0) is 36.4 Å². The number of anilines is 1. The van der Waals surface area contributed by atoms with E-state index < -0.39 is 22.9 Å². The van der Waals surface area contributed by atoms with Crippen LogP contribution in [-0.2, 0) is 9.53 Å². The Morgan fingerprint density at radius 2 is 1.64 bits per heavy atom. The maximum Gasteiger partial charge on any atom is 0.340 e. The van der Waals surface area contributed by atoms with Crippen LogP contribution in [0.5, 0.6) is 0 Å².